The molecule has 0 radical (unpaired) electrons. The van der Waals surface area contributed by atoms with Crippen LogP contribution in [-0.2, 0) is 33.8 Å². The van der Waals surface area contributed by atoms with Gasteiger partial charge in [-0.1, -0.05) is 29.8 Å². The maximum Gasteiger partial charge on any atom is 0.341 e. The molecule has 10 heteroatoms. The highest BCUT2D eigenvalue weighted by molar-refractivity contribution is 7.17. The van der Waals surface area contributed by atoms with Gasteiger partial charge < -0.3 is 19.5 Å². The molecule has 9 nitrogen and oxygen atoms in total. The molecule has 39 heavy (non-hydrogen) atoms. The van der Waals surface area contributed by atoms with E-state index < -0.39 is 17.8 Å². The molecule has 2 N–H and O–H groups in total. The highest BCUT2D eigenvalue weighted by atomic mass is 32.1. The summed E-state index contributed by atoms with van der Waals surface area (Å²) in [7, 11) is 0. The Bertz CT molecular complexity index is 1400. The molecule has 0 aliphatic heterocycles. The molecule has 1 heterocycles. The van der Waals surface area contributed by atoms with E-state index in [4.69, 9.17) is 14.2 Å². The Labute approximate surface area is 231 Å². The van der Waals surface area contributed by atoms with E-state index in [1.54, 1.807) is 25.1 Å². The zero-order valence-corrected chi connectivity index (χ0v) is 23.0. The first-order valence-corrected chi connectivity index (χ1v) is 13.6. The number of fused-ring (bicyclic) bond motifs is 1. The molecule has 1 aliphatic carbocycles. The van der Waals surface area contributed by atoms with Crippen LogP contribution in [0.1, 0.15) is 57.8 Å². The second-order valence-electron chi connectivity index (χ2n) is 8.85. The summed E-state index contributed by atoms with van der Waals surface area (Å²) in [6, 6.07) is 13.3. The number of carbonyl (C=O) groups excluding carboxylic acids is 3. The third kappa shape index (κ3) is 7.02. The fourth-order valence-electron chi connectivity index (χ4n) is 4.24. The topological polar surface area (TPSA) is 115 Å². The van der Waals surface area contributed by atoms with E-state index in [0.717, 1.165) is 40.8 Å². The minimum atomic E-state index is -0.960. The number of amides is 2. The van der Waals surface area contributed by atoms with Crippen molar-refractivity contribution in [1.82, 2.24) is 5.43 Å². The summed E-state index contributed by atoms with van der Waals surface area (Å²) < 4.78 is 16.8. The van der Waals surface area contributed by atoms with Crippen molar-refractivity contribution in [3.8, 4) is 11.5 Å². The maximum atomic E-state index is 12.5. The molecule has 0 bridgehead atoms. The monoisotopic (exact) mass is 549 g/mol. The molecule has 1 aromatic heterocycles. The van der Waals surface area contributed by atoms with Crippen LogP contribution in [0.15, 0.2) is 47.6 Å². The number of esters is 1. The number of hydrazone groups is 1. The number of hydrogen-bond acceptors (Lipinski definition) is 8. The summed E-state index contributed by atoms with van der Waals surface area (Å²) in [5.41, 5.74) is 6.30. The molecule has 1 aliphatic rings. The minimum absolute atomic E-state index is 0.219. The zero-order valence-electron chi connectivity index (χ0n) is 22.2. The third-order valence-corrected chi connectivity index (χ3v) is 7.17. The molecule has 0 fully saturated rings. The van der Waals surface area contributed by atoms with Crippen molar-refractivity contribution < 1.29 is 28.6 Å². The van der Waals surface area contributed by atoms with Gasteiger partial charge in [-0.15, -0.1) is 11.3 Å². The standard InChI is InChI=1S/C29H31N3O6S/c1-4-36-23-15-19(12-13-22(23)38-17-20-9-6-8-18(3)14-20)16-30-32-27(34)26(33)31-28-25(29(35)37-5-2)21-10-7-11-24(21)39-28/h6,8-9,12-16H,4-5,7,10-11,17H2,1-3H3,(H,31,33)(H,32,34)/b30-16+. The number of nitrogens with zero attached hydrogens (tertiary/aromatic N) is 1. The number of aryl methyl sites for hydroxylation is 2. The second kappa shape index (κ2) is 13.1. The number of hydrogen-bond donors (Lipinski definition) is 2. The first-order valence-electron chi connectivity index (χ1n) is 12.8. The van der Waals surface area contributed by atoms with E-state index in [0.29, 0.717) is 40.8 Å². The lowest BCUT2D eigenvalue weighted by Gasteiger charge is -2.13. The van der Waals surface area contributed by atoms with Gasteiger partial charge in [0, 0.05) is 4.88 Å². The maximum absolute atomic E-state index is 12.5. The van der Waals surface area contributed by atoms with Gasteiger partial charge in [-0.2, -0.15) is 5.10 Å². The Morgan fingerprint density at radius 1 is 1.00 bits per heavy atom. The third-order valence-electron chi connectivity index (χ3n) is 5.96. The Morgan fingerprint density at radius 3 is 2.62 bits per heavy atom. The molecule has 2 amide bonds. The van der Waals surface area contributed by atoms with Gasteiger partial charge >= 0.3 is 17.8 Å². The van der Waals surface area contributed by atoms with Gasteiger partial charge in [-0.3, -0.25) is 9.59 Å². The van der Waals surface area contributed by atoms with Gasteiger partial charge in [0.1, 0.15) is 11.6 Å². The van der Waals surface area contributed by atoms with E-state index in [9.17, 15) is 14.4 Å². The highest BCUT2D eigenvalue weighted by Gasteiger charge is 2.29. The van der Waals surface area contributed by atoms with E-state index in [2.05, 4.69) is 21.9 Å². The highest BCUT2D eigenvalue weighted by Crippen LogP contribution is 2.39. The Hall–Kier alpha value is -4.18. The summed E-state index contributed by atoms with van der Waals surface area (Å²) in [6.07, 6.45) is 3.92. The number of benzene rings is 2. The fourth-order valence-corrected chi connectivity index (χ4v) is 5.52. The van der Waals surface area contributed by atoms with Gasteiger partial charge in [-0.05, 0) is 74.9 Å². The number of nitrogens with one attached hydrogen (secondary N) is 2. The van der Waals surface area contributed by atoms with Crippen LogP contribution in [0.5, 0.6) is 11.5 Å². The molecule has 2 aromatic carbocycles. The molecule has 0 saturated carbocycles. The molecule has 0 saturated heterocycles. The van der Waals surface area contributed by atoms with Crippen LogP contribution in [0, 0.1) is 6.92 Å². The van der Waals surface area contributed by atoms with E-state index in [1.807, 2.05) is 32.0 Å². The van der Waals surface area contributed by atoms with Crippen LogP contribution >= 0.6 is 11.3 Å². The summed E-state index contributed by atoms with van der Waals surface area (Å²) in [6.45, 7) is 6.68. The van der Waals surface area contributed by atoms with Crippen molar-refractivity contribution in [3.63, 3.8) is 0 Å². The van der Waals surface area contributed by atoms with Crippen molar-refractivity contribution in [1.29, 1.82) is 0 Å². The lowest BCUT2D eigenvalue weighted by Crippen LogP contribution is -2.32. The van der Waals surface area contributed by atoms with E-state index in [1.165, 1.54) is 17.6 Å². The second-order valence-corrected chi connectivity index (χ2v) is 9.96. The van der Waals surface area contributed by atoms with Crippen LogP contribution in [0.25, 0.3) is 0 Å². The lowest BCUT2D eigenvalue weighted by atomic mass is 10.1. The molecule has 0 spiro atoms. The van der Waals surface area contributed by atoms with Gasteiger partial charge in [0.25, 0.3) is 0 Å². The van der Waals surface area contributed by atoms with Crippen molar-refractivity contribution in [2.45, 2.75) is 46.6 Å². The smallest absolute Gasteiger partial charge is 0.341 e. The number of carbonyl (C=O) groups is 3. The van der Waals surface area contributed by atoms with Gasteiger partial charge in [-0.25, -0.2) is 10.2 Å². The predicted octanol–water partition coefficient (Wildman–Crippen LogP) is 4.79. The van der Waals surface area contributed by atoms with Crippen molar-refractivity contribution in [3.05, 3.63) is 75.2 Å². The molecule has 0 atom stereocenters. The van der Waals surface area contributed by atoms with E-state index >= 15 is 0 Å². The lowest BCUT2D eigenvalue weighted by molar-refractivity contribution is -0.136. The summed E-state index contributed by atoms with van der Waals surface area (Å²) in [5.74, 6) is -1.26. The number of anilines is 1. The molecule has 204 valence electrons. The molecule has 0 unspecified atom stereocenters. The number of ether oxygens (including phenoxy) is 3. The van der Waals surface area contributed by atoms with Crippen LogP contribution in [0.2, 0.25) is 0 Å². The van der Waals surface area contributed by atoms with Crippen LogP contribution in [-0.4, -0.2) is 37.2 Å². The first-order chi connectivity index (χ1) is 18.9. The van der Waals surface area contributed by atoms with Gasteiger partial charge in [0.2, 0.25) is 0 Å². The zero-order chi connectivity index (χ0) is 27.8. The van der Waals surface area contributed by atoms with Crippen LogP contribution < -0.4 is 20.2 Å². The summed E-state index contributed by atoms with van der Waals surface area (Å²) in [5, 5.41) is 6.78. The summed E-state index contributed by atoms with van der Waals surface area (Å²) in [4.78, 5) is 38.4. The average molecular weight is 550 g/mol. The van der Waals surface area contributed by atoms with Crippen LogP contribution in [0.3, 0.4) is 0 Å². The SMILES string of the molecule is CCOC(=O)c1c(NC(=O)C(=O)N/N=C/c2ccc(OCc3cccc(C)c3)c(OCC)c2)sc2c1CCC2. The molecule has 3 aromatic rings. The van der Waals surface area contributed by atoms with Gasteiger partial charge in [0.15, 0.2) is 11.5 Å². The van der Waals surface area contributed by atoms with Crippen molar-refractivity contribution >= 4 is 40.3 Å². The normalized spacial score (nSPS) is 12.2. The van der Waals surface area contributed by atoms with Crippen molar-refractivity contribution in [2.24, 2.45) is 5.10 Å². The molecular formula is C29H31N3O6S. The quantitative estimate of drug-likeness (QED) is 0.163. The predicted molar refractivity (Wildman–Crippen MR) is 150 cm³/mol. The van der Waals surface area contributed by atoms with E-state index in [-0.39, 0.29) is 6.61 Å². The Morgan fingerprint density at radius 2 is 1.85 bits per heavy atom. The summed E-state index contributed by atoms with van der Waals surface area (Å²) >= 11 is 1.30. The Kier molecular flexibility index (Phi) is 9.32. The molecular weight excluding hydrogens is 518 g/mol. The largest absolute Gasteiger partial charge is 0.490 e. The fraction of sp³-hybridized carbons (Fsp3) is 0.310. The number of rotatable bonds is 10. The van der Waals surface area contributed by atoms with Crippen LogP contribution in [0.4, 0.5) is 5.00 Å². The minimum Gasteiger partial charge on any atom is -0.490 e. The first kappa shape index (κ1) is 27.8. The van der Waals surface area contributed by atoms with Gasteiger partial charge in [0.05, 0.1) is 25.0 Å². The molecule has 4 rings (SSSR count). The van der Waals surface area contributed by atoms with Crippen molar-refractivity contribution in [2.75, 3.05) is 18.5 Å². The Balaban J connectivity index is 1.38. The number of thiophene rings is 1. The average Bonchev–Trinajstić information content (AvgIpc) is 3.49.